The fourth-order valence-electron chi connectivity index (χ4n) is 1.60. The van der Waals surface area contributed by atoms with Gasteiger partial charge in [0, 0.05) is 50.5 Å². The van der Waals surface area contributed by atoms with Gasteiger partial charge in [0.1, 0.15) is 12.2 Å². The third kappa shape index (κ3) is 18.6. The minimum absolute atomic E-state index is 0. The second kappa shape index (κ2) is 20.2. The van der Waals surface area contributed by atoms with Crippen molar-refractivity contribution in [3.8, 4) is 0 Å². The molecule has 1 atom stereocenters. The third-order valence-corrected chi connectivity index (χ3v) is 2.65. The Bertz CT molecular complexity index is 427. The maximum Gasteiger partial charge on any atom is 1.00 e. The monoisotopic (exact) mass is 394 g/mol. The molecule has 2 amide bonds. The van der Waals surface area contributed by atoms with Gasteiger partial charge in [-0.05, 0) is 6.92 Å². The van der Waals surface area contributed by atoms with Crippen LogP contribution < -0.4 is 139 Å². The van der Waals surface area contributed by atoms with E-state index in [0.717, 1.165) is 0 Å². The van der Waals surface area contributed by atoms with E-state index in [0.29, 0.717) is 9.80 Å². The Morgan fingerprint density at radius 2 is 1.16 bits per heavy atom. The maximum atomic E-state index is 10.9. The van der Waals surface area contributed by atoms with Crippen LogP contribution in [0.4, 0.5) is 9.59 Å². The maximum absolute atomic E-state index is 10.9. The van der Waals surface area contributed by atoms with Crippen LogP contribution in [0.5, 0.6) is 0 Å². The molecule has 0 spiro atoms. The number of carbonyl (C=O) groups excluding carboxylic acids is 4. The molecule has 0 heterocycles. The van der Waals surface area contributed by atoms with Crippen molar-refractivity contribution < 1.29 is 158 Å². The summed E-state index contributed by atoms with van der Waals surface area (Å²) >= 11 is 0. The first-order chi connectivity index (χ1) is 9.65. The van der Waals surface area contributed by atoms with Crippen molar-refractivity contribution in [3.05, 3.63) is 0 Å². The number of aliphatic carboxylic acids is 2. The van der Waals surface area contributed by atoms with Crippen LogP contribution in [0, 0.1) is 0 Å². The van der Waals surface area contributed by atoms with E-state index in [1.54, 1.807) is 0 Å². The van der Waals surface area contributed by atoms with Gasteiger partial charge in [-0.3, -0.25) is 0 Å². The molecule has 0 aromatic carbocycles. The van der Waals surface area contributed by atoms with Crippen molar-refractivity contribution in [3.63, 3.8) is 0 Å². The fourth-order valence-corrected chi connectivity index (χ4v) is 1.60. The van der Waals surface area contributed by atoms with Crippen molar-refractivity contribution in [1.29, 1.82) is 0 Å². The van der Waals surface area contributed by atoms with Gasteiger partial charge in [-0.25, -0.2) is 0 Å². The van der Waals surface area contributed by atoms with Crippen molar-refractivity contribution in [2.24, 2.45) is 0 Å². The molecule has 0 aromatic heterocycles. The predicted octanol–water partition coefficient (Wildman–Crippen LogP) is -17.0. The van der Waals surface area contributed by atoms with E-state index in [1.807, 2.05) is 0 Å². The Kier molecular flexibility index (Phi) is 30.1. The summed E-state index contributed by atoms with van der Waals surface area (Å²) in [6.45, 7) is 0.0558. The quantitative estimate of drug-likeness (QED) is 0.348. The number of carbonyl (C=O) groups is 4. The molecule has 0 N–H and O–H groups in total. The first-order valence-corrected chi connectivity index (χ1v) is 5.98. The fraction of sp³-hybridized carbons (Fsp3) is 0.636. The van der Waals surface area contributed by atoms with E-state index in [-0.39, 0.29) is 118 Å². The first-order valence-electron chi connectivity index (χ1n) is 5.98. The molecule has 0 aliphatic heterocycles. The van der Waals surface area contributed by atoms with Crippen LogP contribution in [0.25, 0.3) is 0 Å². The molecule has 0 saturated carbocycles. The zero-order chi connectivity index (χ0) is 16.6. The van der Waals surface area contributed by atoms with E-state index < -0.39 is 62.6 Å². The van der Waals surface area contributed by atoms with Crippen molar-refractivity contribution in [2.45, 2.75) is 25.8 Å². The minimum Gasteiger partial charge on any atom is -0.550 e. The zero-order valence-electron chi connectivity index (χ0n) is 15.3. The van der Waals surface area contributed by atoms with Crippen LogP contribution in [-0.2, 0) is 9.59 Å². The standard InChI is InChI=1S/C11H18N2O8.4Na/c1-7(13(11(20)21)5-3-9(16)17)6-12(10(18)19)4-2-8(14)15;;;;/h7H,2-6H2,1H3,(H,14,15)(H,16,17)(H,18,19)(H,20,21);;;;/q;4*+1/p-4. The van der Waals surface area contributed by atoms with Crippen molar-refractivity contribution >= 4 is 24.1 Å². The average molecular weight is 394 g/mol. The second-order valence-electron chi connectivity index (χ2n) is 4.26. The molecule has 0 aliphatic rings. The Morgan fingerprint density at radius 1 is 0.760 bits per heavy atom. The summed E-state index contributed by atoms with van der Waals surface area (Å²) in [6, 6.07) is -0.950. The molecule has 0 rings (SSSR count). The average Bonchev–Trinajstić information content (AvgIpc) is 2.33. The molecular formula is C11H14N2Na4O8. The Hall–Kier alpha value is 1.48. The van der Waals surface area contributed by atoms with Gasteiger partial charge >= 0.3 is 118 Å². The number of hydrogen-bond acceptors (Lipinski definition) is 8. The topological polar surface area (TPSA) is 167 Å². The SMILES string of the molecule is CC(CN(CCC(=O)[O-])C(=O)[O-])N(CCC(=O)[O-])C(=O)[O-].[Na+].[Na+].[Na+].[Na+]. The molecule has 10 nitrogen and oxygen atoms in total. The number of carboxylic acid groups (broad SMARTS) is 4. The number of carboxylic acids is 2. The number of amides is 2. The largest absolute Gasteiger partial charge is 1.00 e. The Balaban J connectivity index is -0.000000333. The molecule has 14 heteroatoms. The molecule has 0 aromatic rings. The smallest absolute Gasteiger partial charge is 0.550 e. The third-order valence-electron chi connectivity index (χ3n) is 2.65. The van der Waals surface area contributed by atoms with Crippen LogP contribution in [0.2, 0.25) is 0 Å². The van der Waals surface area contributed by atoms with Crippen LogP contribution in [0.3, 0.4) is 0 Å². The van der Waals surface area contributed by atoms with Crippen molar-refractivity contribution in [2.75, 3.05) is 19.6 Å². The number of nitrogens with zero attached hydrogens (tertiary/aromatic N) is 2. The van der Waals surface area contributed by atoms with Crippen LogP contribution in [0.1, 0.15) is 19.8 Å². The molecule has 0 saturated heterocycles. The predicted molar refractivity (Wildman–Crippen MR) is 57.8 cm³/mol. The molecule has 0 radical (unpaired) electrons. The van der Waals surface area contributed by atoms with Gasteiger partial charge in [0.05, 0.1) is 0 Å². The summed E-state index contributed by atoms with van der Waals surface area (Å²) in [5, 5.41) is 42.3. The van der Waals surface area contributed by atoms with E-state index in [2.05, 4.69) is 0 Å². The Morgan fingerprint density at radius 3 is 1.48 bits per heavy atom. The van der Waals surface area contributed by atoms with Gasteiger partial charge in [0.25, 0.3) is 0 Å². The molecule has 25 heavy (non-hydrogen) atoms. The van der Waals surface area contributed by atoms with Gasteiger partial charge in [-0.2, -0.15) is 0 Å². The van der Waals surface area contributed by atoms with Crippen LogP contribution in [0.15, 0.2) is 0 Å². The zero-order valence-corrected chi connectivity index (χ0v) is 23.3. The van der Waals surface area contributed by atoms with Gasteiger partial charge in [-0.1, -0.05) is 0 Å². The van der Waals surface area contributed by atoms with E-state index in [1.165, 1.54) is 6.92 Å². The summed E-state index contributed by atoms with van der Waals surface area (Å²) in [6.07, 6.45) is -4.52. The molecular weight excluding hydrogens is 380 g/mol. The summed E-state index contributed by atoms with van der Waals surface area (Å²) in [5.74, 6) is -2.94. The summed E-state index contributed by atoms with van der Waals surface area (Å²) in [7, 11) is 0. The molecule has 120 valence electrons. The van der Waals surface area contributed by atoms with E-state index in [9.17, 15) is 39.6 Å². The summed E-state index contributed by atoms with van der Waals surface area (Å²) in [5.41, 5.74) is 0. The van der Waals surface area contributed by atoms with Crippen LogP contribution in [-0.4, -0.2) is 59.6 Å². The summed E-state index contributed by atoms with van der Waals surface area (Å²) < 4.78 is 0. The second-order valence-corrected chi connectivity index (χ2v) is 4.26. The molecule has 1 unspecified atom stereocenters. The van der Waals surface area contributed by atoms with E-state index in [4.69, 9.17) is 0 Å². The Labute approximate surface area is 233 Å². The number of hydrogen-bond donors (Lipinski definition) is 0. The van der Waals surface area contributed by atoms with Crippen molar-refractivity contribution in [1.82, 2.24) is 9.80 Å². The minimum atomic E-state index is -1.68. The van der Waals surface area contributed by atoms with Gasteiger partial charge < -0.3 is 49.4 Å². The van der Waals surface area contributed by atoms with Gasteiger partial charge in [-0.15, -0.1) is 0 Å². The van der Waals surface area contributed by atoms with Gasteiger partial charge in [0.2, 0.25) is 0 Å². The molecule has 0 aliphatic carbocycles. The van der Waals surface area contributed by atoms with Crippen LogP contribution >= 0.6 is 0 Å². The van der Waals surface area contributed by atoms with E-state index >= 15 is 0 Å². The molecule has 0 bridgehead atoms. The molecule has 0 fully saturated rings. The first kappa shape index (κ1) is 37.3. The summed E-state index contributed by atoms with van der Waals surface area (Å²) in [4.78, 5) is 43.5. The van der Waals surface area contributed by atoms with Gasteiger partial charge in [0.15, 0.2) is 0 Å². The normalized spacial score (nSPS) is 9.64. The number of rotatable bonds is 9.